The number of ether oxygens (including phenoxy) is 6. The predicted octanol–water partition coefficient (Wildman–Crippen LogP) is 18.1. The van der Waals surface area contributed by atoms with Crippen molar-refractivity contribution in [3.63, 3.8) is 0 Å². The van der Waals surface area contributed by atoms with Crippen molar-refractivity contribution in [2.75, 3.05) is 7.11 Å². The zero-order chi connectivity index (χ0) is 57.1. The van der Waals surface area contributed by atoms with Crippen molar-refractivity contribution in [3.05, 3.63) is 0 Å². The van der Waals surface area contributed by atoms with E-state index in [0.717, 1.165) is 82.0 Å². The van der Waals surface area contributed by atoms with Gasteiger partial charge >= 0.3 is 35.8 Å². The Labute approximate surface area is 522 Å². The molecule has 11 aliphatic carbocycles. The largest absolute Gasteiger partial charge is 0.469 e. The number of fused-ring (bicyclic) bond motifs is 1. The van der Waals surface area contributed by atoms with Crippen LogP contribution in [0.15, 0.2) is 0 Å². The zero-order valence-corrected chi connectivity index (χ0v) is 50.8. The predicted molar refractivity (Wildman–Crippen MR) is 347 cm³/mol. The van der Waals surface area contributed by atoms with E-state index in [9.17, 15) is 33.9 Å². The summed E-state index contributed by atoms with van der Waals surface area (Å²) in [6, 6.07) is 0. The summed E-state index contributed by atoms with van der Waals surface area (Å²) in [5, 5.41) is 10.6. The highest BCUT2D eigenvalue weighted by atomic mass is 16.6. The molecule has 502 valence electrons. The van der Waals surface area contributed by atoms with Crippen molar-refractivity contribution in [2.45, 2.75) is 339 Å². The first kappa shape index (κ1) is 83.8. The Kier molecular flexibility index (Phi) is 30.1. The van der Waals surface area contributed by atoms with E-state index in [1.165, 1.54) is 64.9 Å². The average Bonchev–Trinajstić information content (AvgIpc) is 1.95. The third-order valence-electron chi connectivity index (χ3n) is 22.4. The van der Waals surface area contributed by atoms with Crippen LogP contribution in [0, 0.1) is 80.3 Å². The molecule has 11 saturated carbocycles. The van der Waals surface area contributed by atoms with Gasteiger partial charge in [-0.15, -0.1) is 0 Å². The lowest BCUT2D eigenvalue weighted by Crippen LogP contribution is -2.61. The summed E-state index contributed by atoms with van der Waals surface area (Å²) >= 11 is 0. The summed E-state index contributed by atoms with van der Waals surface area (Å²) in [7, 11) is 1.31. The first-order valence-corrected chi connectivity index (χ1v) is 30.6. The van der Waals surface area contributed by atoms with E-state index in [0.29, 0.717) is 31.1 Å². The molecule has 13 heteroatoms. The maximum atomic E-state index is 12.6. The second-order valence-corrected chi connectivity index (χ2v) is 29.8. The van der Waals surface area contributed by atoms with Crippen molar-refractivity contribution in [3.8, 4) is 0 Å². The number of carbonyl (C=O) groups excluding carboxylic acids is 6. The fourth-order valence-electron chi connectivity index (χ4n) is 16.3. The Morgan fingerprint density at radius 2 is 0.953 bits per heavy atom. The molecule has 0 aromatic rings. The Morgan fingerprint density at radius 1 is 0.541 bits per heavy atom. The van der Waals surface area contributed by atoms with E-state index in [2.05, 4.69) is 27.7 Å². The molecule has 12 aliphatic rings. The van der Waals surface area contributed by atoms with Gasteiger partial charge < -0.3 is 33.5 Å². The second kappa shape index (κ2) is 30.5. The Hall–Kier alpha value is -3.22. The summed E-state index contributed by atoms with van der Waals surface area (Å²) in [6.07, 6.45) is 22.1. The molecular weight excluding hydrogens is 1070 g/mol. The van der Waals surface area contributed by atoms with E-state index < -0.39 is 46.4 Å². The third kappa shape index (κ3) is 17.0. The van der Waals surface area contributed by atoms with Crippen LogP contribution < -0.4 is 0 Å². The monoisotopic (exact) mass is 1210 g/mol. The lowest BCUT2D eigenvalue weighted by Gasteiger charge is -2.61. The van der Waals surface area contributed by atoms with Crippen LogP contribution in [0.2, 0.25) is 0 Å². The van der Waals surface area contributed by atoms with Gasteiger partial charge in [0, 0.05) is 23.7 Å². The third-order valence-corrected chi connectivity index (χ3v) is 22.4. The van der Waals surface area contributed by atoms with Gasteiger partial charge in [0.25, 0.3) is 0 Å². The Balaban J connectivity index is 0. The minimum absolute atomic E-state index is 0. The smallest absolute Gasteiger partial charge is 0.312 e. The maximum Gasteiger partial charge on any atom is 0.312 e. The van der Waals surface area contributed by atoms with Gasteiger partial charge in [-0.05, 0) is 234 Å². The highest BCUT2D eigenvalue weighted by Crippen LogP contribution is 2.65. The average molecular weight is 1210 g/mol. The van der Waals surface area contributed by atoms with E-state index in [1.807, 2.05) is 76.2 Å². The molecule has 8 unspecified atom stereocenters. The van der Waals surface area contributed by atoms with Crippen molar-refractivity contribution < 1.29 is 62.3 Å². The minimum Gasteiger partial charge on any atom is -0.469 e. The quantitative estimate of drug-likeness (QED) is 0.121. The number of esters is 6. The number of hydrogen-bond donors (Lipinski definition) is 1. The highest BCUT2D eigenvalue weighted by Gasteiger charge is 2.70. The summed E-state index contributed by atoms with van der Waals surface area (Å²) in [6.45, 7) is 30.0. The molecule has 0 amide bonds. The second-order valence-electron chi connectivity index (χ2n) is 29.8. The van der Waals surface area contributed by atoms with Crippen molar-refractivity contribution >= 4 is 35.8 Å². The van der Waals surface area contributed by atoms with Crippen LogP contribution in [0.3, 0.4) is 0 Å². The van der Waals surface area contributed by atoms with Crippen molar-refractivity contribution in [1.82, 2.24) is 0 Å². The van der Waals surface area contributed by atoms with Gasteiger partial charge in [-0.2, -0.15) is 0 Å². The van der Waals surface area contributed by atoms with Crippen LogP contribution in [-0.4, -0.2) is 82.6 Å². The number of carbonyl (C=O) groups is 6. The maximum absolute atomic E-state index is 12.6. The van der Waals surface area contributed by atoms with E-state index in [-0.39, 0.29) is 134 Å². The SMILES string of the molecule is C.C.C.C.C.C.C.C.CCC(C)(C)C(=O)OC(C)(C)C12CC3CC(CC(C3)C1)C2.CCC(C)(C)C(=O)OC12CC3CC(CC(O)(C3)C1)C2.CCC(C)(C)C(=O)OC1C2CC3C1OC(=O)C3C2C(=O)OC.CCC1(OC(=O)C(C)(C)CC)CCCC1. The zero-order valence-electron chi connectivity index (χ0n) is 50.8. The van der Waals surface area contributed by atoms with E-state index in [4.69, 9.17) is 28.4 Å². The molecule has 0 aromatic heterocycles. The molecule has 10 bridgehead atoms. The molecule has 1 N–H and O–H groups in total. The molecule has 85 heavy (non-hydrogen) atoms. The van der Waals surface area contributed by atoms with Gasteiger partial charge in [0.05, 0.1) is 46.2 Å². The molecular formula is C72H136O13. The summed E-state index contributed by atoms with van der Waals surface area (Å²) in [4.78, 5) is 73.4. The lowest BCUT2D eigenvalue weighted by atomic mass is 9.46. The van der Waals surface area contributed by atoms with Crippen LogP contribution in [-0.2, 0) is 57.2 Å². The molecule has 12 rings (SSSR count). The molecule has 1 saturated heterocycles. The van der Waals surface area contributed by atoms with Crippen LogP contribution >= 0.6 is 0 Å². The molecule has 0 spiro atoms. The topological polar surface area (TPSA) is 178 Å². The van der Waals surface area contributed by atoms with E-state index in [1.54, 1.807) is 0 Å². The van der Waals surface area contributed by atoms with Gasteiger partial charge in [0.1, 0.15) is 29.0 Å². The van der Waals surface area contributed by atoms with Crippen LogP contribution in [0.5, 0.6) is 0 Å². The van der Waals surface area contributed by atoms with Gasteiger partial charge in [-0.3, -0.25) is 28.8 Å². The highest BCUT2D eigenvalue weighted by molar-refractivity contribution is 5.86. The van der Waals surface area contributed by atoms with E-state index >= 15 is 0 Å². The summed E-state index contributed by atoms with van der Waals surface area (Å²) in [5.41, 5.74) is -2.80. The molecule has 8 atom stereocenters. The van der Waals surface area contributed by atoms with Crippen molar-refractivity contribution in [1.29, 1.82) is 0 Å². The number of aliphatic hydroxyl groups is 1. The van der Waals surface area contributed by atoms with Crippen LogP contribution in [0.4, 0.5) is 0 Å². The Bertz CT molecular complexity index is 2130. The number of hydrogen-bond acceptors (Lipinski definition) is 13. The fourth-order valence-corrected chi connectivity index (χ4v) is 16.3. The number of methoxy groups -OCH3 is 1. The molecule has 1 heterocycles. The van der Waals surface area contributed by atoms with Gasteiger partial charge in [0.15, 0.2) is 0 Å². The standard InChI is InChI=1S/C19H32O2.C16H22O6.C16H26O3.C13H24O2.8CH4/c1-6-17(2,3)16(20)21-18(4,5)19-10-13-7-14(11-19)9-15(8-13)12-19;1-5-16(2,3)15(19)22-12-7-6-8-10(9(7)13(17)20-4)14(18)21-11(8)12;1-4-14(2,3)13(17)19-16-8-11-5-12(9-16)7-15(18,6-11)10-16;1-5-12(3,4)11(14)15-13(6-2)9-7-8-10-13;;;;;;;;/h13-15H,6-12H2,1-5H3;7-12H,5-6H2,1-4H3;11-12,18H,4-10H2,1-3H3;5-10H2,1-4H3;8*1H4. The minimum atomic E-state index is -0.593. The molecule has 1 aliphatic heterocycles. The van der Waals surface area contributed by atoms with Crippen molar-refractivity contribution in [2.24, 2.45) is 80.3 Å². The molecule has 0 radical (unpaired) electrons. The fraction of sp³-hybridized carbons (Fsp3) is 0.917. The lowest BCUT2D eigenvalue weighted by molar-refractivity contribution is -0.225. The van der Waals surface area contributed by atoms with Gasteiger partial charge in [0.2, 0.25) is 0 Å². The molecule has 0 aromatic carbocycles. The normalized spacial score (nSPS) is 33.1. The van der Waals surface area contributed by atoms with Gasteiger partial charge in [-0.1, -0.05) is 94.0 Å². The summed E-state index contributed by atoms with van der Waals surface area (Å²) < 4.78 is 33.8. The number of rotatable bonds is 15. The first-order chi connectivity index (χ1) is 35.7. The molecule has 12 fully saturated rings. The summed E-state index contributed by atoms with van der Waals surface area (Å²) in [5.74, 6) is 1.41. The van der Waals surface area contributed by atoms with Crippen LogP contribution in [0.1, 0.15) is 305 Å². The molecule has 13 nitrogen and oxygen atoms in total. The van der Waals surface area contributed by atoms with Crippen LogP contribution in [0.25, 0.3) is 0 Å². The Morgan fingerprint density at radius 3 is 1.36 bits per heavy atom. The van der Waals surface area contributed by atoms with Gasteiger partial charge in [-0.25, -0.2) is 0 Å². The first-order valence-electron chi connectivity index (χ1n) is 30.6.